The molecule has 0 saturated carbocycles. The van der Waals surface area contributed by atoms with Crippen LogP contribution in [0.5, 0.6) is 0 Å². The third-order valence-corrected chi connectivity index (χ3v) is 2.85. The molecular formula is C13H13AsN. The predicted octanol–water partition coefficient (Wildman–Crippen LogP) is 1.36. The van der Waals surface area contributed by atoms with Crippen LogP contribution >= 0.6 is 0 Å². The molecule has 75 valence electrons. The molecule has 2 rings (SSSR count). The van der Waals surface area contributed by atoms with Crippen molar-refractivity contribution in [1.82, 2.24) is 0 Å². The molecule has 0 aliphatic heterocycles. The molecule has 2 aromatic rings. The van der Waals surface area contributed by atoms with Gasteiger partial charge in [0.2, 0.25) is 0 Å². The van der Waals surface area contributed by atoms with Crippen LogP contribution in [0.3, 0.4) is 0 Å². The van der Waals surface area contributed by atoms with Gasteiger partial charge >= 0.3 is 98.9 Å². The van der Waals surface area contributed by atoms with Crippen LogP contribution in [0.4, 0.5) is 5.69 Å². The van der Waals surface area contributed by atoms with E-state index >= 15 is 0 Å². The number of hydrogen-bond donors (Lipinski definition) is 1. The van der Waals surface area contributed by atoms with Gasteiger partial charge in [0.05, 0.1) is 0 Å². The summed E-state index contributed by atoms with van der Waals surface area (Å²) in [7, 11) is 0. The summed E-state index contributed by atoms with van der Waals surface area (Å²) in [5.41, 5.74) is 2.44. The Morgan fingerprint density at radius 2 is 1.93 bits per heavy atom. The second-order valence-corrected chi connectivity index (χ2v) is 4.79. The maximum absolute atomic E-state index is 3.38. The standard InChI is InChI=1S/C13H13AsN/c14-12-7-4-8-13(9-12)15-10-11-5-2-1-3-6-11/h1-3,5-9,15H,10,14H2. The average Bonchev–Trinajstić information content (AvgIpc) is 2.28. The minimum absolute atomic E-state index is 0.866. The minimum atomic E-state index is 0.866. The Balaban J connectivity index is 1.99. The average molecular weight is 258 g/mol. The number of benzene rings is 2. The molecule has 1 atom stereocenters. The third-order valence-electron chi connectivity index (χ3n) is 2.15. The summed E-state index contributed by atoms with van der Waals surface area (Å²) in [5, 5.41) is 3.38. The number of hydrogen-bond acceptors (Lipinski definition) is 1. The van der Waals surface area contributed by atoms with Gasteiger partial charge in [0.15, 0.2) is 0 Å². The summed E-state index contributed by atoms with van der Waals surface area (Å²) in [6.45, 7) is 0.866. The molecule has 0 spiro atoms. The Kier molecular flexibility index (Phi) is 3.47. The summed E-state index contributed by atoms with van der Waals surface area (Å²) in [4.78, 5) is 0. The van der Waals surface area contributed by atoms with E-state index in [0.717, 1.165) is 12.2 Å². The van der Waals surface area contributed by atoms with Gasteiger partial charge in [-0.2, -0.15) is 0 Å². The van der Waals surface area contributed by atoms with Crippen molar-refractivity contribution < 1.29 is 0 Å². The van der Waals surface area contributed by atoms with Crippen LogP contribution in [0.15, 0.2) is 48.5 Å². The van der Waals surface area contributed by atoms with Crippen LogP contribution in [0.1, 0.15) is 5.56 Å². The summed E-state index contributed by atoms with van der Waals surface area (Å²) in [6.07, 6.45) is 0. The molecule has 2 aromatic carbocycles. The van der Waals surface area contributed by atoms with E-state index in [4.69, 9.17) is 0 Å². The second-order valence-electron chi connectivity index (χ2n) is 3.39. The molecular weight excluding hydrogens is 245 g/mol. The Hall–Kier alpha value is -1.20. The van der Waals surface area contributed by atoms with Crippen molar-refractivity contribution in [1.29, 1.82) is 0 Å². The van der Waals surface area contributed by atoms with Gasteiger partial charge in [-0.3, -0.25) is 0 Å². The SMILES string of the molecule is [AsH2]c1c[c]cc(NCc2ccccc2)c1. The van der Waals surface area contributed by atoms with E-state index in [9.17, 15) is 0 Å². The number of anilines is 1. The first kappa shape index (κ1) is 10.3. The molecule has 0 saturated heterocycles. The fourth-order valence-corrected chi connectivity index (χ4v) is 1.97. The Bertz CT molecular complexity index is 426. The normalized spacial score (nSPS) is 9.93. The van der Waals surface area contributed by atoms with Gasteiger partial charge in [-0.05, 0) is 0 Å². The topological polar surface area (TPSA) is 12.0 Å². The van der Waals surface area contributed by atoms with Crippen LogP contribution in [0.25, 0.3) is 0 Å². The fraction of sp³-hybridized carbons (Fsp3) is 0.0769. The molecule has 1 unspecified atom stereocenters. The van der Waals surface area contributed by atoms with Crippen molar-refractivity contribution in [2.24, 2.45) is 0 Å². The van der Waals surface area contributed by atoms with E-state index in [2.05, 4.69) is 41.7 Å². The van der Waals surface area contributed by atoms with Crippen molar-refractivity contribution in [3.63, 3.8) is 0 Å². The summed E-state index contributed by atoms with van der Waals surface area (Å²) < 4.78 is 1.29. The first-order valence-electron chi connectivity index (χ1n) is 4.89. The fourth-order valence-electron chi connectivity index (χ4n) is 1.39. The van der Waals surface area contributed by atoms with Crippen LogP contribution in [0, 0.1) is 6.07 Å². The molecule has 0 bridgehead atoms. The van der Waals surface area contributed by atoms with Crippen molar-refractivity contribution in [3.8, 4) is 0 Å². The monoisotopic (exact) mass is 258 g/mol. The zero-order valence-electron chi connectivity index (χ0n) is 8.40. The first-order chi connectivity index (χ1) is 7.34. The van der Waals surface area contributed by atoms with Gasteiger partial charge in [-0.15, -0.1) is 0 Å². The molecule has 1 N–H and O–H groups in total. The van der Waals surface area contributed by atoms with Gasteiger partial charge in [0.1, 0.15) is 0 Å². The molecule has 0 fully saturated rings. The molecule has 0 aliphatic carbocycles. The van der Waals surface area contributed by atoms with Crippen molar-refractivity contribution in [2.45, 2.75) is 6.54 Å². The first-order valence-corrected chi connectivity index (χ1v) is 6.10. The molecule has 0 heterocycles. The summed E-state index contributed by atoms with van der Waals surface area (Å²) in [6, 6.07) is 19.6. The van der Waals surface area contributed by atoms with E-state index in [1.165, 1.54) is 9.91 Å². The molecule has 0 aromatic heterocycles. The maximum atomic E-state index is 3.38. The van der Waals surface area contributed by atoms with E-state index in [1.807, 2.05) is 18.2 Å². The van der Waals surface area contributed by atoms with Gasteiger partial charge in [0, 0.05) is 0 Å². The van der Waals surface area contributed by atoms with Gasteiger partial charge in [-0.1, -0.05) is 0 Å². The van der Waals surface area contributed by atoms with Gasteiger partial charge < -0.3 is 0 Å². The Morgan fingerprint density at radius 1 is 1.13 bits per heavy atom. The van der Waals surface area contributed by atoms with Crippen LogP contribution in [0.2, 0.25) is 0 Å². The molecule has 1 radical (unpaired) electrons. The number of rotatable bonds is 3. The summed E-state index contributed by atoms with van der Waals surface area (Å²) in [5.74, 6) is 0. The van der Waals surface area contributed by atoms with Crippen LogP contribution < -0.4 is 9.67 Å². The van der Waals surface area contributed by atoms with Gasteiger partial charge in [-0.25, -0.2) is 0 Å². The molecule has 1 nitrogen and oxygen atoms in total. The Morgan fingerprint density at radius 3 is 2.67 bits per heavy atom. The molecule has 0 aliphatic rings. The van der Waals surface area contributed by atoms with Crippen molar-refractivity contribution >= 4 is 26.9 Å². The molecule has 15 heavy (non-hydrogen) atoms. The molecule has 2 heteroatoms. The number of nitrogens with one attached hydrogen (secondary N) is 1. The Labute approximate surface area is 99.0 Å². The van der Waals surface area contributed by atoms with E-state index in [0.29, 0.717) is 0 Å². The van der Waals surface area contributed by atoms with Crippen molar-refractivity contribution in [3.05, 3.63) is 60.2 Å². The van der Waals surface area contributed by atoms with Crippen LogP contribution in [-0.2, 0) is 6.54 Å². The predicted molar refractivity (Wildman–Crippen MR) is 67.2 cm³/mol. The zero-order valence-corrected chi connectivity index (χ0v) is 10.8. The summed E-state index contributed by atoms with van der Waals surface area (Å²) >= 11 is 1.63. The quantitative estimate of drug-likeness (QED) is 0.820. The van der Waals surface area contributed by atoms with Crippen molar-refractivity contribution in [2.75, 3.05) is 5.32 Å². The van der Waals surface area contributed by atoms with E-state index < -0.39 is 0 Å². The third kappa shape index (κ3) is 3.14. The van der Waals surface area contributed by atoms with E-state index in [-0.39, 0.29) is 0 Å². The second kappa shape index (κ2) is 5.04. The van der Waals surface area contributed by atoms with E-state index in [1.54, 1.807) is 16.9 Å². The molecule has 0 amide bonds. The van der Waals surface area contributed by atoms with Gasteiger partial charge in [0.25, 0.3) is 0 Å². The zero-order chi connectivity index (χ0) is 10.5. The van der Waals surface area contributed by atoms with Crippen LogP contribution in [-0.4, -0.2) is 16.9 Å².